The Morgan fingerprint density at radius 3 is 2.44 bits per heavy atom. The van der Waals surface area contributed by atoms with Crippen LogP contribution in [0.5, 0.6) is 11.5 Å². The smallest absolute Gasteiger partial charge is 0.299 e. The molecular weight excluding hydrogens is 577 g/mol. The quantitative estimate of drug-likeness (QED) is 0.281. The number of benzene rings is 4. The van der Waals surface area contributed by atoms with E-state index in [4.69, 9.17) is 21.1 Å². The van der Waals surface area contributed by atoms with Crippen LogP contribution in [-0.2, 0) is 20.9 Å². The lowest BCUT2D eigenvalue weighted by atomic mass is 10.0. The molecule has 0 bridgehead atoms. The number of halogens is 2. The third-order valence-corrected chi connectivity index (χ3v) is 7.43. The Hall–Kier alpha value is -5.22. The minimum Gasteiger partial charge on any atom is -0.454 e. The van der Waals surface area contributed by atoms with E-state index in [-0.39, 0.29) is 30.2 Å². The first kappa shape index (κ1) is 27.9. The number of carbonyl (C=O) groups is 4. The second kappa shape index (κ2) is 11.6. The van der Waals surface area contributed by atoms with Crippen molar-refractivity contribution in [3.8, 4) is 11.5 Å². The van der Waals surface area contributed by atoms with E-state index in [2.05, 4.69) is 5.32 Å². The number of carbonyl (C=O) groups excluding carboxylic acids is 4. The summed E-state index contributed by atoms with van der Waals surface area (Å²) >= 11 is 6.13. The number of Topliss-reactive ketones (excluding diaryl/α,β-unsaturated/α-hetero) is 1. The zero-order valence-electron chi connectivity index (χ0n) is 22.5. The summed E-state index contributed by atoms with van der Waals surface area (Å²) in [5, 5.41) is 3.22. The maximum Gasteiger partial charge on any atom is 0.299 e. The zero-order valence-corrected chi connectivity index (χ0v) is 23.2. The minimum absolute atomic E-state index is 0.0475. The summed E-state index contributed by atoms with van der Waals surface area (Å²) in [4.78, 5) is 55.9. The van der Waals surface area contributed by atoms with Crippen LogP contribution >= 0.6 is 11.6 Å². The Kier molecular flexibility index (Phi) is 7.52. The van der Waals surface area contributed by atoms with Gasteiger partial charge in [-0.2, -0.15) is 0 Å². The van der Waals surface area contributed by atoms with E-state index in [1.165, 1.54) is 29.2 Å². The Balaban J connectivity index is 1.39. The molecule has 0 radical (unpaired) electrons. The van der Waals surface area contributed by atoms with Gasteiger partial charge in [-0.3, -0.25) is 24.1 Å². The van der Waals surface area contributed by atoms with Gasteiger partial charge >= 0.3 is 0 Å². The molecule has 2 aliphatic rings. The van der Waals surface area contributed by atoms with Crippen LogP contribution in [-0.4, -0.2) is 41.7 Å². The highest BCUT2D eigenvalue weighted by Gasteiger charge is 2.39. The molecule has 216 valence electrons. The van der Waals surface area contributed by atoms with Crippen molar-refractivity contribution in [3.63, 3.8) is 0 Å². The molecule has 0 aromatic heterocycles. The van der Waals surface area contributed by atoms with Crippen molar-refractivity contribution < 1.29 is 33.0 Å². The van der Waals surface area contributed by atoms with Crippen molar-refractivity contribution >= 4 is 46.5 Å². The second-order valence-corrected chi connectivity index (χ2v) is 10.3. The number of para-hydroxylation sites is 1. The van der Waals surface area contributed by atoms with Crippen molar-refractivity contribution in [2.24, 2.45) is 0 Å². The number of amides is 3. The molecule has 0 saturated heterocycles. The lowest BCUT2D eigenvalue weighted by molar-refractivity contribution is -0.139. The van der Waals surface area contributed by atoms with E-state index in [0.29, 0.717) is 27.8 Å². The van der Waals surface area contributed by atoms with E-state index in [9.17, 15) is 23.6 Å². The number of nitrogens with one attached hydrogen (secondary N) is 1. The van der Waals surface area contributed by atoms with E-state index in [0.717, 1.165) is 4.90 Å². The number of ether oxygens (including phenoxy) is 2. The molecule has 0 fully saturated rings. The number of hydrogen-bond acceptors (Lipinski definition) is 6. The summed E-state index contributed by atoms with van der Waals surface area (Å²) in [6.07, 6.45) is 0. The molecule has 6 rings (SSSR count). The van der Waals surface area contributed by atoms with Gasteiger partial charge in [-0.15, -0.1) is 0 Å². The number of anilines is 2. The van der Waals surface area contributed by atoms with E-state index < -0.39 is 41.9 Å². The lowest BCUT2D eigenvalue weighted by Gasteiger charge is -2.33. The summed E-state index contributed by atoms with van der Waals surface area (Å²) in [6, 6.07) is 22.1. The highest BCUT2D eigenvalue weighted by atomic mass is 35.5. The maximum absolute atomic E-state index is 14.9. The molecule has 4 aromatic carbocycles. The summed E-state index contributed by atoms with van der Waals surface area (Å²) in [5.74, 6) is -2.53. The zero-order chi connectivity index (χ0) is 30.1. The highest BCUT2D eigenvalue weighted by molar-refractivity contribution is 6.52. The average Bonchev–Trinajstić information content (AvgIpc) is 3.57. The normalized spacial score (nSPS) is 14.0. The van der Waals surface area contributed by atoms with Gasteiger partial charge in [-0.25, -0.2) is 4.39 Å². The van der Waals surface area contributed by atoms with E-state index in [1.54, 1.807) is 66.7 Å². The minimum atomic E-state index is -1.29. The van der Waals surface area contributed by atoms with Crippen molar-refractivity contribution in [1.82, 2.24) is 4.90 Å². The van der Waals surface area contributed by atoms with Gasteiger partial charge in [-0.1, -0.05) is 54.1 Å². The Morgan fingerprint density at radius 1 is 0.930 bits per heavy atom. The van der Waals surface area contributed by atoms with Crippen molar-refractivity contribution in [2.45, 2.75) is 12.6 Å². The Labute approximate surface area is 250 Å². The predicted molar refractivity (Wildman–Crippen MR) is 155 cm³/mol. The first-order chi connectivity index (χ1) is 20.8. The molecule has 0 spiro atoms. The summed E-state index contributed by atoms with van der Waals surface area (Å²) in [6.45, 7) is -0.825. The molecule has 1 unspecified atom stereocenters. The Morgan fingerprint density at radius 2 is 1.65 bits per heavy atom. The number of nitrogens with zero attached hydrogens (tertiary/aromatic N) is 2. The summed E-state index contributed by atoms with van der Waals surface area (Å²) < 4.78 is 25.7. The standard InChI is InChI=1S/C32H23ClFN3O6/c33-21-11-9-19(10-12-21)29(31(40)35-22-13-14-26-27(15-22)43-18-42-26)37(16-20-5-1-3-7-24(20)34)28(38)17-36-25-8-4-2-6-23(25)30(39)32(36)41/h1-15,29H,16-18H2,(H,35,40). The van der Waals surface area contributed by atoms with Crippen LogP contribution in [0.2, 0.25) is 5.02 Å². The molecule has 4 aromatic rings. The molecule has 0 aliphatic carbocycles. The van der Waals surface area contributed by atoms with Crippen molar-refractivity contribution in [1.29, 1.82) is 0 Å². The van der Waals surface area contributed by atoms with Gasteiger partial charge in [0.25, 0.3) is 17.6 Å². The molecule has 11 heteroatoms. The third kappa shape index (κ3) is 5.52. The van der Waals surface area contributed by atoms with Gasteiger partial charge in [0.1, 0.15) is 18.4 Å². The van der Waals surface area contributed by atoms with Crippen molar-refractivity contribution in [2.75, 3.05) is 23.6 Å². The van der Waals surface area contributed by atoms with Gasteiger partial charge < -0.3 is 19.7 Å². The second-order valence-electron chi connectivity index (χ2n) is 9.86. The highest BCUT2D eigenvalue weighted by Crippen LogP contribution is 2.35. The summed E-state index contributed by atoms with van der Waals surface area (Å²) in [5.41, 5.74) is 1.37. The van der Waals surface area contributed by atoms with Crippen LogP contribution in [0.15, 0.2) is 91.0 Å². The largest absolute Gasteiger partial charge is 0.454 e. The van der Waals surface area contributed by atoms with Crippen LogP contribution in [0.25, 0.3) is 0 Å². The topological polar surface area (TPSA) is 105 Å². The van der Waals surface area contributed by atoms with Gasteiger partial charge in [0.05, 0.1) is 11.3 Å². The molecule has 2 aliphatic heterocycles. The first-order valence-corrected chi connectivity index (χ1v) is 13.6. The predicted octanol–water partition coefficient (Wildman–Crippen LogP) is 5.15. The molecule has 3 amide bonds. The fraction of sp³-hybridized carbons (Fsp3) is 0.125. The molecule has 1 N–H and O–H groups in total. The lowest BCUT2D eigenvalue weighted by Crippen LogP contribution is -2.46. The third-order valence-electron chi connectivity index (χ3n) is 7.18. The van der Waals surface area contributed by atoms with Crippen molar-refractivity contribution in [3.05, 3.63) is 119 Å². The summed E-state index contributed by atoms with van der Waals surface area (Å²) in [7, 11) is 0. The average molecular weight is 600 g/mol. The van der Waals surface area contributed by atoms with Crippen LogP contribution in [0.3, 0.4) is 0 Å². The van der Waals surface area contributed by atoms with E-state index >= 15 is 0 Å². The van der Waals surface area contributed by atoms with Crippen LogP contribution in [0, 0.1) is 5.82 Å². The van der Waals surface area contributed by atoms with Gasteiger partial charge in [0.2, 0.25) is 12.7 Å². The van der Waals surface area contributed by atoms with Crippen LogP contribution < -0.4 is 19.7 Å². The van der Waals surface area contributed by atoms with Gasteiger partial charge in [0.15, 0.2) is 11.5 Å². The maximum atomic E-state index is 14.9. The molecule has 43 heavy (non-hydrogen) atoms. The molecular formula is C32H23ClFN3O6. The SMILES string of the molecule is O=C1C(=O)N(CC(=O)N(Cc2ccccc2F)C(C(=O)Nc2ccc3c(c2)OCO3)c2ccc(Cl)cc2)c2ccccc21. The van der Waals surface area contributed by atoms with E-state index in [1.807, 2.05) is 0 Å². The molecule has 9 nitrogen and oxygen atoms in total. The number of fused-ring (bicyclic) bond motifs is 2. The number of ketones is 1. The number of rotatable bonds is 8. The molecule has 0 saturated carbocycles. The fourth-order valence-electron chi connectivity index (χ4n) is 5.07. The first-order valence-electron chi connectivity index (χ1n) is 13.2. The monoisotopic (exact) mass is 599 g/mol. The van der Waals surface area contributed by atoms with Gasteiger partial charge in [0, 0.05) is 28.9 Å². The molecule has 2 heterocycles. The Bertz CT molecular complexity index is 1760. The fourth-order valence-corrected chi connectivity index (χ4v) is 5.19. The number of hydrogen-bond donors (Lipinski definition) is 1. The van der Waals surface area contributed by atoms with Crippen LogP contribution in [0.4, 0.5) is 15.8 Å². The molecule has 1 atom stereocenters. The van der Waals surface area contributed by atoms with Crippen LogP contribution in [0.1, 0.15) is 27.5 Å². The van der Waals surface area contributed by atoms with Gasteiger partial charge in [-0.05, 0) is 48.0 Å².